The molecular formula is C13H21BrClN. The molecule has 0 heterocycles. The molecule has 0 unspecified atom stereocenters. The van der Waals surface area contributed by atoms with Gasteiger partial charge in [0.05, 0.1) is 27.7 Å². The fraction of sp³-hybridized carbons (Fsp3) is 0.538. The number of hydrogen-bond donors (Lipinski definition) is 0. The molecule has 0 fully saturated rings. The Morgan fingerprint density at radius 1 is 1.00 bits per heavy atom. The molecule has 92 valence electrons. The van der Waals surface area contributed by atoms with E-state index in [9.17, 15) is 0 Å². The maximum Gasteiger partial charge on any atom is 0.0780 e. The van der Waals surface area contributed by atoms with Crippen LogP contribution in [0.5, 0.6) is 0 Å². The number of unbranched alkanes of at least 4 members (excludes halogenated alkanes) is 1. The Morgan fingerprint density at radius 3 is 2.06 bits per heavy atom. The minimum absolute atomic E-state index is 0. The van der Waals surface area contributed by atoms with Crippen LogP contribution in [0.3, 0.4) is 0 Å². The van der Waals surface area contributed by atoms with Gasteiger partial charge >= 0.3 is 0 Å². The Hall–Kier alpha value is -0.0500. The number of aryl methyl sites for hydroxylation is 1. The minimum Gasteiger partial charge on any atom is -1.00 e. The molecule has 1 rings (SSSR count). The first-order valence-electron chi connectivity index (χ1n) is 5.52. The van der Waals surface area contributed by atoms with Crippen molar-refractivity contribution in [1.82, 2.24) is 0 Å². The average molecular weight is 307 g/mol. The van der Waals surface area contributed by atoms with E-state index in [0.29, 0.717) is 0 Å². The van der Waals surface area contributed by atoms with Crippen LogP contribution in [0.2, 0.25) is 5.02 Å². The highest BCUT2D eigenvalue weighted by molar-refractivity contribution is 6.30. The highest BCUT2D eigenvalue weighted by Gasteiger charge is 2.05. The Kier molecular flexibility index (Phi) is 7.29. The summed E-state index contributed by atoms with van der Waals surface area (Å²) in [5, 5.41) is 0.824. The van der Waals surface area contributed by atoms with Crippen LogP contribution in [0.15, 0.2) is 24.3 Å². The van der Waals surface area contributed by atoms with Crippen LogP contribution in [0.4, 0.5) is 0 Å². The molecule has 0 aliphatic carbocycles. The predicted molar refractivity (Wildman–Crippen MR) is 67.3 cm³/mol. The second kappa shape index (κ2) is 7.31. The van der Waals surface area contributed by atoms with Crippen molar-refractivity contribution in [3.05, 3.63) is 34.9 Å². The summed E-state index contributed by atoms with van der Waals surface area (Å²) in [4.78, 5) is 0. The van der Waals surface area contributed by atoms with Crippen LogP contribution in [0.1, 0.15) is 18.4 Å². The smallest absolute Gasteiger partial charge is 0.0780 e. The highest BCUT2D eigenvalue weighted by Crippen LogP contribution is 2.11. The Labute approximate surface area is 115 Å². The number of nitrogens with zero attached hydrogens (tertiary/aromatic N) is 1. The van der Waals surface area contributed by atoms with Gasteiger partial charge in [0.1, 0.15) is 0 Å². The third-order valence-electron chi connectivity index (χ3n) is 2.46. The summed E-state index contributed by atoms with van der Waals surface area (Å²) in [5.74, 6) is 0. The number of quaternary nitrogens is 1. The minimum atomic E-state index is 0. The second-order valence-electron chi connectivity index (χ2n) is 5.10. The second-order valence-corrected chi connectivity index (χ2v) is 5.53. The van der Waals surface area contributed by atoms with E-state index in [1.165, 1.54) is 24.9 Å². The van der Waals surface area contributed by atoms with Gasteiger partial charge in [-0.05, 0) is 37.0 Å². The van der Waals surface area contributed by atoms with Crippen molar-refractivity contribution < 1.29 is 21.5 Å². The number of benzene rings is 1. The third-order valence-corrected chi connectivity index (χ3v) is 2.71. The van der Waals surface area contributed by atoms with Gasteiger partial charge in [-0.1, -0.05) is 23.7 Å². The summed E-state index contributed by atoms with van der Waals surface area (Å²) in [6.45, 7) is 1.24. The molecule has 0 spiro atoms. The molecule has 0 saturated carbocycles. The molecule has 0 aliphatic rings. The molecule has 0 aliphatic heterocycles. The molecule has 0 aromatic heterocycles. The fourth-order valence-corrected chi connectivity index (χ4v) is 1.69. The lowest BCUT2D eigenvalue weighted by atomic mass is 10.1. The molecule has 0 radical (unpaired) electrons. The summed E-state index contributed by atoms with van der Waals surface area (Å²) in [6, 6.07) is 8.18. The topological polar surface area (TPSA) is 0 Å². The average Bonchev–Trinajstić information content (AvgIpc) is 2.14. The quantitative estimate of drug-likeness (QED) is 0.545. The van der Waals surface area contributed by atoms with Gasteiger partial charge in [-0.2, -0.15) is 0 Å². The molecule has 16 heavy (non-hydrogen) atoms. The Bertz CT molecular complexity index is 290. The third kappa shape index (κ3) is 7.26. The maximum absolute atomic E-state index is 5.83. The Morgan fingerprint density at radius 2 is 1.56 bits per heavy atom. The van der Waals surface area contributed by atoms with E-state index in [-0.39, 0.29) is 17.0 Å². The van der Waals surface area contributed by atoms with Crippen LogP contribution >= 0.6 is 11.6 Å². The van der Waals surface area contributed by atoms with Gasteiger partial charge in [-0.3, -0.25) is 0 Å². The van der Waals surface area contributed by atoms with Gasteiger partial charge in [0.25, 0.3) is 0 Å². The SMILES string of the molecule is C[N+](C)(C)CCCCc1ccc(Cl)cc1.[Br-]. The van der Waals surface area contributed by atoms with Crippen LogP contribution in [0.25, 0.3) is 0 Å². The van der Waals surface area contributed by atoms with E-state index in [2.05, 4.69) is 33.3 Å². The first-order chi connectivity index (χ1) is 6.97. The van der Waals surface area contributed by atoms with Gasteiger partial charge in [-0.25, -0.2) is 0 Å². The monoisotopic (exact) mass is 305 g/mol. The van der Waals surface area contributed by atoms with E-state index >= 15 is 0 Å². The summed E-state index contributed by atoms with van der Waals surface area (Å²) in [6.07, 6.45) is 3.71. The van der Waals surface area contributed by atoms with Crippen molar-refractivity contribution in [3.63, 3.8) is 0 Å². The largest absolute Gasteiger partial charge is 1.00 e. The van der Waals surface area contributed by atoms with E-state index < -0.39 is 0 Å². The number of hydrogen-bond acceptors (Lipinski definition) is 0. The molecule has 0 N–H and O–H groups in total. The summed E-state index contributed by atoms with van der Waals surface area (Å²) in [7, 11) is 6.72. The summed E-state index contributed by atoms with van der Waals surface area (Å²) >= 11 is 5.83. The number of halogens is 2. The summed E-state index contributed by atoms with van der Waals surface area (Å²) < 4.78 is 1.06. The highest BCUT2D eigenvalue weighted by atomic mass is 79.9. The van der Waals surface area contributed by atoms with E-state index in [0.717, 1.165) is 15.9 Å². The number of rotatable bonds is 5. The Balaban J connectivity index is 0.00000225. The molecule has 1 aromatic rings. The first kappa shape index (κ1) is 16.0. The standard InChI is InChI=1S/C13H21ClN.BrH/c1-15(2,3)11-5-4-6-12-7-9-13(14)10-8-12;/h7-10H,4-6,11H2,1-3H3;1H/q+1;/p-1. The van der Waals surface area contributed by atoms with Crippen molar-refractivity contribution in [2.75, 3.05) is 27.7 Å². The van der Waals surface area contributed by atoms with Gasteiger partial charge in [0, 0.05) is 5.02 Å². The van der Waals surface area contributed by atoms with Crippen LogP contribution in [-0.4, -0.2) is 32.2 Å². The van der Waals surface area contributed by atoms with Gasteiger partial charge in [-0.15, -0.1) is 0 Å². The van der Waals surface area contributed by atoms with Gasteiger partial charge in [0.2, 0.25) is 0 Å². The maximum atomic E-state index is 5.83. The van der Waals surface area contributed by atoms with Crippen molar-refractivity contribution >= 4 is 11.6 Å². The molecule has 0 atom stereocenters. The zero-order chi connectivity index (χ0) is 11.3. The van der Waals surface area contributed by atoms with E-state index in [1.807, 2.05) is 12.1 Å². The van der Waals surface area contributed by atoms with Crippen molar-refractivity contribution in [2.24, 2.45) is 0 Å². The zero-order valence-corrected chi connectivity index (χ0v) is 12.7. The molecule has 0 bridgehead atoms. The zero-order valence-electron chi connectivity index (χ0n) is 10.3. The van der Waals surface area contributed by atoms with Crippen molar-refractivity contribution in [1.29, 1.82) is 0 Å². The van der Waals surface area contributed by atoms with E-state index in [4.69, 9.17) is 11.6 Å². The normalized spacial score (nSPS) is 11.0. The van der Waals surface area contributed by atoms with Gasteiger partial charge < -0.3 is 21.5 Å². The van der Waals surface area contributed by atoms with Crippen LogP contribution < -0.4 is 17.0 Å². The lowest BCUT2D eigenvalue weighted by molar-refractivity contribution is -0.870. The van der Waals surface area contributed by atoms with Crippen molar-refractivity contribution in [3.8, 4) is 0 Å². The lowest BCUT2D eigenvalue weighted by Crippen LogP contribution is -3.00. The molecule has 1 nitrogen and oxygen atoms in total. The summed E-state index contributed by atoms with van der Waals surface area (Å²) in [5.41, 5.74) is 1.39. The lowest BCUT2D eigenvalue weighted by Gasteiger charge is -2.23. The molecule has 1 aromatic carbocycles. The van der Waals surface area contributed by atoms with Crippen LogP contribution in [-0.2, 0) is 6.42 Å². The predicted octanol–water partition coefficient (Wildman–Crippen LogP) is 0.373. The fourth-order valence-electron chi connectivity index (χ4n) is 1.57. The van der Waals surface area contributed by atoms with Crippen molar-refractivity contribution in [2.45, 2.75) is 19.3 Å². The van der Waals surface area contributed by atoms with Crippen LogP contribution in [0, 0.1) is 0 Å². The van der Waals surface area contributed by atoms with E-state index in [1.54, 1.807) is 0 Å². The molecule has 3 heteroatoms. The first-order valence-corrected chi connectivity index (χ1v) is 5.90. The molecule has 0 saturated heterocycles. The molecular weight excluding hydrogens is 286 g/mol. The molecule has 0 amide bonds. The van der Waals surface area contributed by atoms with Gasteiger partial charge in [0.15, 0.2) is 0 Å².